The van der Waals surface area contributed by atoms with Crippen molar-refractivity contribution >= 4 is 17.5 Å². The van der Waals surface area contributed by atoms with Crippen LogP contribution in [0, 0.1) is 28.6 Å². The van der Waals surface area contributed by atoms with Gasteiger partial charge in [-0.1, -0.05) is 19.4 Å². The molecule has 8 atom stereocenters. The predicted octanol–water partition coefficient (Wildman–Crippen LogP) is 3.12. The Labute approximate surface area is 195 Å². The van der Waals surface area contributed by atoms with Gasteiger partial charge < -0.3 is 19.3 Å². The largest absolute Gasteiger partial charge is 0.458 e. The second-order valence-corrected chi connectivity index (χ2v) is 11.9. The van der Waals surface area contributed by atoms with E-state index in [2.05, 4.69) is 13.8 Å². The number of hydrogen-bond donors (Lipinski definition) is 1. The van der Waals surface area contributed by atoms with Crippen LogP contribution in [0.15, 0.2) is 11.6 Å². The number of allylic oxidation sites excluding steroid dienone is 1. The summed E-state index contributed by atoms with van der Waals surface area (Å²) >= 11 is 0. The lowest BCUT2D eigenvalue weighted by Crippen LogP contribution is -2.64. The summed E-state index contributed by atoms with van der Waals surface area (Å²) in [5.41, 5.74) is -0.936. The van der Waals surface area contributed by atoms with Crippen LogP contribution in [0.2, 0.25) is 0 Å². The van der Waals surface area contributed by atoms with E-state index in [1.54, 1.807) is 0 Å². The Hall–Kier alpha value is -1.57. The van der Waals surface area contributed by atoms with Crippen molar-refractivity contribution in [1.29, 1.82) is 0 Å². The third kappa shape index (κ3) is 3.08. The first-order valence-corrected chi connectivity index (χ1v) is 12.3. The van der Waals surface area contributed by atoms with E-state index in [9.17, 15) is 19.5 Å². The maximum Gasteiger partial charge on any atom is 0.303 e. The Morgan fingerprint density at radius 3 is 2.64 bits per heavy atom. The van der Waals surface area contributed by atoms with Crippen molar-refractivity contribution in [2.75, 3.05) is 6.61 Å². The highest BCUT2D eigenvalue weighted by Crippen LogP contribution is 2.70. The Balaban J connectivity index is 1.55. The fourth-order valence-electron chi connectivity index (χ4n) is 8.56. The number of aliphatic hydroxyl groups is 1. The summed E-state index contributed by atoms with van der Waals surface area (Å²) in [5.74, 6) is -1.18. The predicted molar refractivity (Wildman–Crippen MR) is 118 cm³/mol. The monoisotopic (exact) mass is 460 g/mol. The second kappa shape index (κ2) is 7.22. The lowest BCUT2D eigenvalue weighted by atomic mass is 9.45. The molecule has 0 amide bonds. The number of Topliss-reactive ketones (excluding diaryl/α,β-unsaturated/α-hetero) is 1. The average Bonchev–Trinajstić information content (AvgIpc) is 3.12. The number of ether oxygens (including phenoxy) is 3. The first-order chi connectivity index (χ1) is 15.3. The smallest absolute Gasteiger partial charge is 0.303 e. The van der Waals surface area contributed by atoms with Crippen LogP contribution in [0.4, 0.5) is 0 Å². The Bertz CT molecular complexity index is 937. The molecule has 0 bridgehead atoms. The van der Waals surface area contributed by atoms with Crippen LogP contribution in [-0.2, 0) is 28.6 Å². The molecule has 0 radical (unpaired) electrons. The summed E-state index contributed by atoms with van der Waals surface area (Å²) < 4.78 is 17.9. The van der Waals surface area contributed by atoms with E-state index in [0.29, 0.717) is 19.3 Å². The summed E-state index contributed by atoms with van der Waals surface area (Å²) in [6.07, 6.45) is 4.84. The number of rotatable bonds is 3. The first kappa shape index (κ1) is 23.2. The van der Waals surface area contributed by atoms with Gasteiger partial charge in [0.05, 0.1) is 12.2 Å². The summed E-state index contributed by atoms with van der Waals surface area (Å²) in [7, 11) is 0. The number of carbonyl (C=O) groups is 3. The van der Waals surface area contributed by atoms with Gasteiger partial charge in [-0.3, -0.25) is 14.4 Å². The molecule has 0 unspecified atom stereocenters. The van der Waals surface area contributed by atoms with Gasteiger partial charge in [-0.15, -0.1) is 0 Å². The van der Waals surface area contributed by atoms with Crippen molar-refractivity contribution in [1.82, 2.24) is 0 Å². The molecule has 0 aromatic carbocycles. The molecule has 1 heterocycles. The molecule has 0 spiro atoms. The summed E-state index contributed by atoms with van der Waals surface area (Å²) in [6.45, 7) is 8.82. The van der Waals surface area contributed by atoms with Crippen LogP contribution in [0.25, 0.3) is 0 Å². The lowest BCUT2D eigenvalue weighted by molar-refractivity contribution is -0.227. The third-order valence-corrected chi connectivity index (χ3v) is 9.71. The topological polar surface area (TPSA) is 99.1 Å². The Morgan fingerprint density at radius 2 is 1.94 bits per heavy atom. The van der Waals surface area contributed by atoms with E-state index in [-0.39, 0.29) is 41.3 Å². The molecule has 1 saturated heterocycles. The Morgan fingerprint density at radius 1 is 1.21 bits per heavy atom. The highest BCUT2D eigenvalue weighted by Gasteiger charge is 2.77. The van der Waals surface area contributed by atoms with Crippen LogP contribution in [0.5, 0.6) is 0 Å². The van der Waals surface area contributed by atoms with Crippen molar-refractivity contribution in [2.24, 2.45) is 28.6 Å². The SMILES string of the molecule is CC(=O)OCC(=O)[C@@]12OC(C)(C)O[C@@H]1C[C@H]1[C@@H]3CCC4=CC(=O)CC[C@]4(C)[C@H]3[C@@H](O)C[C@@]12C. The molecule has 4 aliphatic carbocycles. The standard InChI is InChI=1S/C26H36O7/c1-14(27)31-13-20(30)26-21(32-23(2,3)33-26)11-18-17-7-6-15-10-16(28)8-9-24(15,4)22(17)19(29)12-25(18,26)5/h10,17-19,21-22,29H,6-9,11-13H2,1-5H3/t17-,18-,19-,21+,22+,24-,25-,26+/m0/s1. The maximum absolute atomic E-state index is 13.7. The van der Waals surface area contributed by atoms with Gasteiger partial charge in [0.2, 0.25) is 5.78 Å². The molecule has 3 saturated carbocycles. The van der Waals surface area contributed by atoms with Gasteiger partial charge in [-0.2, -0.15) is 0 Å². The molecule has 7 heteroatoms. The van der Waals surface area contributed by atoms with Crippen molar-refractivity contribution in [3.63, 3.8) is 0 Å². The number of carbonyl (C=O) groups excluding carboxylic acids is 3. The molecule has 0 aromatic rings. The lowest BCUT2D eigenvalue weighted by Gasteiger charge is -2.60. The van der Waals surface area contributed by atoms with Gasteiger partial charge in [0.15, 0.2) is 23.8 Å². The number of ketones is 2. The molecule has 5 rings (SSSR count). The average molecular weight is 461 g/mol. The van der Waals surface area contributed by atoms with Crippen molar-refractivity contribution in [2.45, 2.75) is 96.7 Å². The minimum atomic E-state index is -1.26. The van der Waals surface area contributed by atoms with E-state index >= 15 is 0 Å². The fraction of sp³-hybridized carbons (Fsp3) is 0.808. The molecule has 1 N–H and O–H groups in total. The Kier molecular flexibility index (Phi) is 5.07. The quantitative estimate of drug-likeness (QED) is 0.646. The van der Waals surface area contributed by atoms with E-state index in [1.165, 1.54) is 12.5 Å². The van der Waals surface area contributed by atoms with E-state index < -0.39 is 35.0 Å². The normalized spacial score (nSPS) is 47.6. The fourth-order valence-corrected chi connectivity index (χ4v) is 8.56. The molecule has 7 nitrogen and oxygen atoms in total. The number of aliphatic hydroxyl groups excluding tert-OH is 1. The summed E-state index contributed by atoms with van der Waals surface area (Å²) in [5, 5.41) is 11.6. The van der Waals surface area contributed by atoms with Crippen molar-refractivity contribution in [3.05, 3.63) is 11.6 Å². The first-order valence-electron chi connectivity index (χ1n) is 12.3. The minimum absolute atomic E-state index is 0.0381. The number of fused-ring (bicyclic) bond motifs is 7. The van der Waals surface area contributed by atoms with Crippen LogP contribution in [0.1, 0.15) is 73.1 Å². The van der Waals surface area contributed by atoms with E-state index in [0.717, 1.165) is 19.3 Å². The molecule has 182 valence electrons. The molecule has 33 heavy (non-hydrogen) atoms. The van der Waals surface area contributed by atoms with Gasteiger partial charge in [0.25, 0.3) is 0 Å². The molecular weight excluding hydrogens is 424 g/mol. The summed E-state index contributed by atoms with van der Waals surface area (Å²) in [4.78, 5) is 37.3. The molecule has 1 aliphatic heterocycles. The van der Waals surface area contributed by atoms with Crippen LogP contribution >= 0.6 is 0 Å². The third-order valence-electron chi connectivity index (χ3n) is 9.71. The zero-order valence-corrected chi connectivity index (χ0v) is 20.3. The number of hydrogen-bond acceptors (Lipinski definition) is 7. The highest BCUT2D eigenvalue weighted by atomic mass is 16.8. The summed E-state index contributed by atoms with van der Waals surface area (Å²) in [6, 6.07) is 0. The van der Waals surface area contributed by atoms with E-state index in [1.807, 2.05) is 19.9 Å². The van der Waals surface area contributed by atoms with Crippen molar-refractivity contribution < 1.29 is 33.7 Å². The van der Waals surface area contributed by atoms with Crippen LogP contribution in [0.3, 0.4) is 0 Å². The van der Waals surface area contributed by atoms with Crippen LogP contribution in [-0.4, -0.2) is 52.8 Å². The van der Waals surface area contributed by atoms with E-state index in [4.69, 9.17) is 14.2 Å². The molecule has 5 aliphatic rings. The molecule has 4 fully saturated rings. The molecular formula is C26H36O7. The zero-order valence-electron chi connectivity index (χ0n) is 20.3. The van der Waals surface area contributed by atoms with Crippen LogP contribution < -0.4 is 0 Å². The van der Waals surface area contributed by atoms with Crippen molar-refractivity contribution in [3.8, 4) is 0 Å². The number of esters is 1. The molecule has 0 aromatic heterocycles. The van der Waals surface area contributed by atoms with Gasteiger partial charge in [0, 0.05) is 18.8 Å². The van der Waals surface area contributed by atoms with Gasteiger partial charge >= 0.3 is 5.97 Å². The maximum atomic E-state index is 13.7. The minimum Gasteiger partial charge on any atom is -0.458 e. The van der Waals surface area contributed by atoms with Gasteiger partial charge in [0.1, 0.15) is 0 Å². The van der Waals surface area contributed by atoms with Gasteiger partial charge in [-0.05, 0) is 75.2 Å². The highest BCUT2D eigenvalue weighted by molar-refractivity contribution is 5.93. The second-order valence-electron chi connectivity index (χ2n) is 11.9. The zero-order chi connectivity index (χ0) is 24.0. The van der Waals surface area contributed by atoms with Gasteiger partial charge in [-0.25, -0.2) is 0 Å².